The number of benzene rings is 1. The van der Waals surface area contributed by atoms with Gasteiger partial charge in [0.2, 0.25) is 0 Å². The first-order valence-corrected chi connectivity index (χ1v) is 6.09. The van der Waals surface area contributed by atoms with E-state index in [0.717, 1.165) is 10.2 Å². The first-order valence-electron chi connectivity index (χ1n) is 5.30. The summed E-state index contributed by atoms with van der Waals surface area (Å²) < 4.78 is 0.884. The van der Waals surface area contributed by atoms with E-state index in [1.807, 2.05) is 25.1 Å². The number of nitrogens with one attached hydrogen (secondary N) is 1. The van der Waals surface area contributed by atoms with Crippen molar-refractivity contribution in [1.29, 1.82) is 5.26 Å². The minimum Gasteiger partial charge on any atom is -0.396 e. The van der Waals surface area contributed by atoms with E-state index >= 15 is 0 Å². The first kappa shape index (κ1) is 12.4. The summed E-state index contributed by atoms with van der Waals surface area (Å²) in [7, 11) is 0. The Hall–Kier alpha value is -2.06. The number of nitrogen functional groups attached to an aromatic ring is 1. The van der Waals surface area contributed by atoms with Crippen LogP contribution in [0.1, 0.15) is 11.3 Å². The van der Waals surface area contributed by atoms with Crippen LogP contribution in [0.15, 0.2) is 34.8 Å². The van der Waals surface area contributed by atoms with Crippen LogP contribution in [0.3, 0.4) is 0 Å². The molecule has 0 saturated carbocycles. The zero-order valence-corrected chi connectivity index (χ0v) is 11.3. The van der Waals surface area contributed by atoms with E-state index in [0.29, 0.717) is 22.8 Å². The number of halogens is 1. The minimum absolute atomic E-state index is 0.543. The van der Waals surface area contributed by atoms with Crippen LogP contribution in [0.2, 0.25) is 0 Å². The van der Waals surface area contributed by atoms with Crippen molar-refractivity contribution < 1.29 is 0 Å². The minimum atomic E-state index is 0.543. The zero-order valence-electron chi connectivity index (χ0n) is 9.74. The van der Waals surface area contributed by atoms with Crippen LogP contribution in [-0.4, -0.2) is 4.98 Å². The fourth-order valence-corrected chi connectivity index (χ4v) is 1.87. The summed E-state index contributed by atoms with van der Waals surface area (Å²) >= 11 is 3.37. The summed E-state index contributed by atoms with van der Waals surface area (Å²) in [4.78, 5) is 4.31. The summed E-state index contributed by atoms with van der Waals surface area (Å²) in [6.07, 6.45) is 0. The van der Waals surface area contributed by atoms with Crippen molar-refractivity contribution in [3.8, 4) is 6.07 Å². The van der Waals surface area contributed by atoms with Crippen LogP contribution in [0.25, 0.3) is 0 Å². The third-order valence-electron chi connectivity index (χ3n) is 2.42. The molecule has 5 heteroatoms. The third kappa shape index (κ3) is 2.60. The van der Waals surface area contributed by atoms with Crippen LogP contribution in [0.4, 0.5) is 17.2 Å². The van der Waals surface area contributed by atoms with Crippen LogP contribution in [0, 0.1) is 18.3 Å². The fourth-order valence-electron chi connectivity index (χ4n) is 1.51. The second kappa shape index (κ2) is 5.07. The Balaban J connectivity index is 2.43. The number of nitrogens with zero attached hydrogens (tertiary/aromatic N) is 2. The van der Waals surface area contributed by atoms with Gasteiger partial charge in [-0.15, -0.1) is 0 Å². The molecule has 0 unspecified atom stereocenters. The number of nitrogens with two attached hydrogens (primary N) is 1. The molecule has 1 heterocycles. The van der Waals surface area contributed by atoms with E-state index in [4.69, 9.17) is 11.0 Å². The Bertz CT molecular complexity index is 631. The molecule has 0 radical (unpaired) electrons. The van der Waals surface area contributed by atoms with Gasteiger partial charge in [-0.05, 0) is 37.3 Å². The number of aryl methyl sites for hydroxylation is 1. The number of hydrogen-bond donors (Lipinski definition) is 2. The van der Waals surface area contributed by atoms with Gasteiger partial charge >= 0.3 is 0 Å². The lowest BCUT2D eigenvalue weighted by molar-refractivity contribution is 1.20. The second-order valence-electron chi connectivity index (χ2n) is 3.82. The van der Waals surface area contributed by atoms with E-state index in [2.05, 4.69) is 32.3 Å². The van der Waals surface area contributed by atoms with Crippen LogP contribution in [0.5, 0.6) is 0 Å². The molecule has 2 rings (SSSR count). The first-order chi connectivity index (χ1) is 8.60. The lowest BCUT2D eigenvalue weighted by Gasteiger charge is -2.10. The lowest BCUT2D eigenvalue weighted by Crippen LogP contribution is -2.01. The number of aromatic nitrogens is 1. The van der Waals surface area contributed by atoms with Gasteiger partial charge in [0.25, 0.3) is 0 Å². The highest BCUT2D eigenvalue weighted by Gasteiger charge is 2.06. The van der Waals surface area contributed by atoms with Crippen molar-refractivity contribution in [3.63, 3.8) is 0 Å². The predicted octanol–water partition coefficient (Wildman–Crippen LogP) is 3.35. The molecular weight excluding hydrogens is 292 g/mol. The molecule has 0 bridgehead atoms. The van der Waals surface area contributed by atoms with Crippen molar-refractivity contribution in [3.05, 3.63) is 46.1 Å². The molecule has 0 amide bonds. The molecule has 0 atom stereocenters. The van der Waals surface area contributed by atoms with Gasteiger partial charge in [-0.2, -0.15) is 5.26 Å². The Morgan fingerprint density at radius 2 is 2.11 bits per heavy atom. The van der Waals surface area contributed by atoms with E-state index in [1.54, 1.807) is 12.1 Å². The van der Waals surface area contributed by atoms with Crippen molar-refractivity contribution in [2.75, 3.05) is 11.1 Å². The lowest BCUT2D eigenvalue weighted by atomic mass is 10.2. The zero-order chi connectivity index (χ0) is 13.1. The number of pyridine rings is 1. The van der Waals surface area contributed by atoms with Gasteiger partial charge < -0.3 is 11.1 Å². The second-order valence-corrected chi connectivity index (χ2v) is 4.73. The van der Waals surface area contributed by atoms with Gasteiger partial charge in [0.1, 0.15) is 6.07 Å². The highest BCUT2D eigenvalue weighted by atomic mass is 79.9. The largest absolute Gasteiger partial charge is 0.396 e. The molecule has 4 nitrogen and oxygen atoms in total. The van der Waals surface area contributed by atoms with Gasteiger partial charge in [-0.3, -0.25) is 0 Å². The number of hydrogen-bond acceptors (Lipinski definition) is 4. The highest BCUT2D eigenvalue weighted by Crippen LogP contribution is 2.26. The molecule has 2 aromatic rings. The topological polar surface area (TPSA) is 74.7 Å². The van der Waals surface area contributed by atoms with Gasteiger partial charge in [0, 0.05) is 10.2 Å². The summed E-state index contributed by atoms with van der Waals surface area (Å²) in [5, 5.41) is 12.1. The van der Waals surface area contributed by atoms with Gasteiger partial charge in [0.05, 0.1) is 16.9 Å². The van der Waals surface area contributed by atoms with Gasteiger partial charge in [-0.1, -0.05) is 15.9 Å². The molecule has 0 spiro atoms. The normalized spacial score (nSPS) is 9.83. The molecule has 1 aromatic carbocycles. The summed E-state index contributed by atoms with van der Waals surface area (Å²) in [6.45, 7) is 1.89. The van der Waals surface area contributed by atoms with E-state index in [-0.39, 0.29) is 0 Å². The summed E-state index contributed by atoms with van der Waals surface area (Å²) in [5.74, 6) is 0.560. The standard InChI is InChI=1S/C13H11BrN4/c1-8-2-5-11(16)13(17-8)18-12-6-10(14)4-3-9(12)7-15/h2-6H,16H2,1H3,(H,17,18). The SMILES string of the molecule is Cc1ccc(N)c(Nc2cc(Br)ccc2C#N)n1. The molecule has 0 saturated heterocycles. The van der Waals surface area contributed by atoms with E-state index < -0.39 is 0 Å². The average molecular weight is 303 g/mol. The molecule has 0 aliphatic rings. The average Bonchev–Trinajstić information content (AvgIpc) is 2.34. The number of rotatable bonds is 2. The molecule has 0 fully saturated rings. The monoisotopic (exact) mass is 302 g/mol. The fraction of sp³-hybridized carbons (Fsp3) is 0.0769. The maximum atomic E-state index is 9.05. The quantitative estimate of drug-likeness (QED) is 0.892. The molecule has 18 heavy (non-hydrogen) atoms. The Morgan fingerprint density at radius 3 is 2.83 bits per heavy atom. The van der Waals surface area contributed by atoms with Crippen LogP contribution in [-0.2, 0) is 0 Å². The van der Waals surface area contributed by atoms with Gasteiger partial charge in [0.15, 0.2) is 5.82 Å². The van der Waals surface area contributed by atoms with Crippen LogP contribution < -0.4 is 11.1 Å². The molecule has 3 N–H and O–H groups in total. The maximum Gasteiger partial charge on any atom is 0.153 e. The van der Waals surface area contributed by atoms with E-state index in [1.165, 1.54) is 0 Å². The smallest absolute Gasteiger partial charge is 0.153 e. The Labute approximate surface area is 114 Å². The van der Waals surface area contributed by atoms with Crippen LogP contribution >= 0.6 is 15.9 Å². The van der Waals surface area contributed by atoms with E-state index in [9.17, 15) is 0 Å². The highest BCUT2D eigenvalue weighted by molar-refractivity contribution is 9.10. The van der Waals surface area contributed by atoms with Crippen molar-refractivity contribution in [2.24, 2.45) is 0 Å². The number of anilines is 3. The molecule has 1 aromatic heterocycles. The molecular formula is C13H11BrN4. The maximum absolute atomic E-state index is 9.05. The molecule has 90 valence electrons. The Morgan fingerprint density at radius 1 is 1.33 bits per heavy atom. The molecule has 0 aliphatic carbocycles. The van der Waals surface area contributed by atoms with Gasteiger partial charge in [-0.25, -0.2) is 4.98 Å². The van der Waals surface area contributed by atoms with Crippen molar-refractivity contribution in [2.45, 2.75) is 6.92 Å². The number of nitriles is 1. The summed E-state index contributed by atoms with van der Waals surface area (Å²) in [5.41, 5.74) is 8.47. The molecule has 0 aliphatic heterocycles. The third-order valence-corrected chi connectivity index (χ3v) is 2.91. The Kier molecular flexibility index (Phi) is 3.49. The van der Waals surface area contributed by atoms with Crippen molar-refractivity contribution in [1.82, 2.24) is 4.98 Å². The van der Waals surface area contributed by atoms with Crippen molar-refractivity contribution >= 4 is 33.1 Å². The predicted molar refractivity (Wildman–Crippen MR) is 75.5 cm³/mol. The summed E-state index contributed by atoms with van der Waals surface area (Å²) in [6, 6.07) is 11.1.